The van der Waals surface area contributed by atoms with E-state index in [1.807, 2.05) is 6.07 Å². The largest absolute Gasteiger partial charge is 0.273 e. The van der Waals surface area contributed by atoms with Crippen molar-refractivity contribution in [3.8, 4) is 6.07 Å². The summed E-state index contributed by atoms with van der Waals surface area (Å²) >= 11 is 0.879. The molecule has 0 aliphatic heterocycles. The summed E-state index contributed by atoms with van der Waals surface area (Å²) in [5.74, 6) is -0.0880. The number of aryl methyl sites for hydroxylation is 2. The van der Waals surface area contributed by atoms with Crippen molar-refractivity contribution in [2.75, 3.05) is 4.72 Å². The fraction of sp³-hybridized carbons (Fsp3) is 0.200. The van der Waals surface area contributed by atoms with E-state index in [4.69, 9.17) is 5.26 Å². The number of thiophene rings is 1. The van der Waals surface area contributed by atoms with Gasteiger partial charge < -0.3 is 0 Å². The summed E-state index contributed by atoms with van der Waals surface area (Å²) in [6.07, 6.45) is 0. The number of anilines is 1. The molecule has 0 saturated carbocycles. The fourth-order valence-corrected chi connectivity index (χ4v) is 3.24. The molecular formula is C10H9N5O2S2. The number of aromatic nitrogens is 3. The minimum Gasteiger partial charge on any atom is -0.245 e. The summed E-state index contributed by atoms with van der Waals surface area (Å²) in [4.78, 5) is 4.31. The van der Waals surface area contributed by atoms with Crippen molar-refractivity contribution in [1.29, 1.82) is 5.26 Å². The molecule has 98 valence electrons. The molecular weight excluding hydrogens is 286 g/mol. The highest BCUT2D eigenvalue weighted by molar-refractivity contribution is 7.94. The number of hydrogen-bond acceptors (Lipinski definition) is 7. The first-order valence-corrected chi connectivity index (χ1v) is 7.43. The predicted octanol–water partition coefficient (Wildman–Crippen LogP) is 1.22. The molecule has 0 spiro atoms. The Kier molecular flexibility index (Phi) is 3.46. The van der Waals surface area contributed by atoms with Gasteiger partial charge in [0.1, 0.15) is 15.2 Å². The molecule has 1 N–H and O–H groups in total. The van der Waals surface area contributed by atoms with Crippen LogP contribution in [0.3, 0.4) is 0 Å². The number of nitriles is 1. The zero-order valence-corrected chi connectivity index (χ0v) is 11.7. The molecule has 0 bridgehead atoms. The van der Waals surface area contributed by atoms with Crippen LogP contribution in [0, 0.1) is 25.2 Å². The third-order valence-corrected chi connectivity index (χ3v) is 5.08. The van der Waals surface area contributed by atoms with E-state index in [1.165, 1.54) is 12.1 Å². The Labute approximate surface area is 114 Å². The smallest absolute Gasteiger partial charge is 0.245 e. The number of nitrogens with zero attached hydrogens (tertiary/aromatic N) is 4. The quantitative estimate of drug-likeness (QED) is 0.912. The van der Waals surface area contributed by atoms with Crippen molar-refractivity contribution >= 4 is 27.3 Å². The average molecular weight is 295 g/mol. The summed E-state index contributed by atoms with van der Waals surface area (Å²) in [6, 6.07) is 4.69. The van der Waals surface area contributed by atoms with Crippen LogP contribution >= 0.6 is 11.3 Å². The van der Waals surface area contributed by atoms with E-state index >= 15 is 0 Å². The van der Waals surface area contributed by atoms with E-state index in [-0.39, 0.29) is 10.2 Å². The summed E-state index contributed by atoms with van der Waals surface area (Å²) in [7, 11) is -3.78. The van der Waals surface area contributed by atoms with Gasteiger partial charge in [0.25, 0.3) is 16.0 Å². The zero-order chi connectivity index (χ0) is 14.0. The van der Waals surface area contributed by atoms with Crippen molar-refractivity contribution < 1.29 is 8.42 Å². The molecule has 0 aromatic carbocycles. The van der Waals surface area contributed by atoms with Crippen molar-refractivity contribution in [2.45, 2.75) is 18.1 Å². The maximum Gasteiger partial charge on any atom is 0.273 e. The predicted molar refractivity (Wildman–Crippen MR) is 69.1 cm³/mol. The van der Waals surface area contributed by atoms with Crippen LogP contribution in [0.4, 0.5) is 5.95 Å². The van der Waals surface area contributed by atoms with Gasteiger partial charge in [-0.05, 0) is 26.0 Å². The van der Waals surface area contributed by atoms with E-state index in [0.717, 1.165) is 11.3 Å². The Balaban J connectivity index is 2.31. The van der Waals surface area contributed by atoms with Gasteiger partial charge in [0.05, 0.1) is 11.4 Å². The van der Waals surface area contributed by atoms with Crippen LogP contribution in [0.25, 0.3) is 0 Å². The third-order valence-electron chi connectivity index (χ3n) is 2.27. The van der Waals surface area contributed by atoms with Gasteiger partial charge in [0, 0.05) is 0 Å². The molecule has 19 heavy (non-hydrogen) atoms. The summed E-state index contributed by atoms with van der Waals surface area (Å²) in [5, 5.41) is 16.1. The van der Waals surface area contributed by atoms with Crippen LogP contribution in [-0.4, -0.2) is 23.6 Å². The molecule has 2 rings (SSSR count). The lowest BCUT2D eigenvalue weighted by atomic mass is 10.4. The Bertz CT molecular complexity index is 760. The van der Waals surface area contributed by atoms with Crippen molar-refractivity contribution in [3.05, 3.63) is 28.4 Å². The van der Waals surface area contributed by atoms with Crippen LogP contribution in [0.5, 0.6) is 0 Å². The fourth-order valence-electron chi connectivity index (χ4n) is 1.20. The SMILES string of the molecule is Cc1nnc(NS(=O)(=O)c2ccc(C#N)s2)nc1C. The maximum absolute atomic E-state index is 12.0. The van der Waals surface area contributed by atoms with Crippen LogP contribution in [0.2, 0.25) is 0 Å². The van der Waals surface area contributed by atoms with Crippen LogP contribution in [0.1, 0.15) is 16.3 Å². The number of hydrogen-bond donors (Lipinski definition) is 1. The van der Waals surface area contributed by atoms with E-state index in [2.05, 4.69) is 19.9 Å². The maximum atomic E-state index is 12.0. The lowest BCUT2D eigenvalue weighted by molar-refractivity contribution is 0.602. The molecule has 0 fully saturated rings. The molecule has 0 radical (unpaired) electrons. The zero-order valence-electron chi connectivity index (χ0n) is 10.1. The monoisotopic (exact) mass is 295 g/mol. The minimum atomic E-state index is -3.78. The van der Waals surface area contributed by atoms with Gasteiger partial charge in [-0.25, -0.2) is 18.1 Å². The molecule has 0 amide bonds. The second-order valence-electron chi connectivity index (χ2n) is 3.64. The molecule has 2 heterocycles. The summed E-state index contributed by atoms with van der Waals surface area (Å²) in [6.45, 7) is 3.44. The first kappa shape index (κ1) is 13.4. The standard InChI is InChI=1S/C10H9N5O2S2/c1-6-7(2)13-14-10(12-6)15-19(16,17)9-4-3-8(5-11)18-9/h3-4H,1-2H3,(H,12,14,15). The van der Waals surface area contributed by atoms with E-state index in [1.54, 1.807) is 13.8 Å². The normalized spacial score (nSPS) is 11.0. The second kappa shape index (κ2) is 4.91. The average Bonchev–Trinajstić information content (AvgIpc) is 2.83. The van der Waals surface area contributed by atoms with Crippen molar-refractivity contribution in [1.82, 2.24) is 15.2 Å². The van der Waals surface area contributed by atoms with Gasteiger partial charge in [-0.2, -0.15) is 10.4 Å². The molecule has 0 saturated heterocycles. The minimum absolute atomic E-state index is 0.0332. The van der Waals surface area contributed by atoms with E-state index in [9.17, 15) is 8.42 Å². The van der Waals surface area contributed by atoms with Gasteiger partial charge in [-0.3, -0.25) is 0 Å². The Hall–Kier alpha value is -2.05. The summed E-state index contributed by atoms with van der Waals surface area (Å²) < 4.78 is 26.3. The molecule has 0 aliphatic rings. The van der Waals surface area contributed by atoms with Crippen LogP contribution < -0.4 is 4.72 Å². The van der Waals surface area contributed by atoms with Gasteiger partial charge in [0.2, 0.25) is 0 Å². The topological polar surface area (TPSA) is 109 Å². The highest BCUT2D eigenvalue weighted by Gasteiger charge is 2.18. The lowest BCUT2D eigenvalue weighted by Crippen LogP contribution is -2.15. The Morgan fingerprint density at radius 1 is 1.26 bits per heavy atom. The van der Waals surface area contributed by atoms with Crippen LogP contribution in [-0.2, 0) is 10.0 Å². The van der Waals surface area contributed by atoms with Gasteiger partial charge >= 0.3 is 0 Å². The van der Waals surface area contributed by atoms with Gasteiger partial charge in [0.15, 0.2) is 0 Å². The van der Waals surface area contributed by atoms with Gasteiger partial charge in [-0.1, -0.05) is 0 Å². The Morgan fingerprint density at radius 2 is 2.00 bits per heavy atom. The van der Waals surface area contributed by atoms with Gasteiger partial charge in [-0.15, -0.1) is 16.4 Å². The second-order valence-corrected chi connectivity index (χ2v) is 6.64. The first-order valence-electron chi connectivity index (χ1n) is 5.13. The molecule has 2 aromatic heterocycles. The lowest BCUT2D eigenvalue weighted by Gasteiger charge is -2.05. The van der Waals surface area contributed by atoms with Crippen molar-refractivity contribution in [2.24, 2.45) is 0 Å². The third kappa shape index (κ3) is 2.86. The molecule has 9 heteroatoms. The number of rotatable bonds is 3. The van der Waals surface area contributed by atoms with Crippen molar-refractivity contribution in [3.63, 3.8) is 0 Å². The molecule has 0 aliphatic carbocycles. The number of sulfonamides is 1. The highest BCUT2D eigenvalue weighted by atomic mass is 32.2. The summed E-state index contributed by atoms with van der Waals surface area (Å²) in [5.41, 5.74) is 1.22. The van der Waals surface area contributed by atoms with Crippen LogP contribution in [0.15, 0.2) is 16.3 Å². The molecule has 7 nitrogen and oxygen atoms in total. The number of nitrogens with one attached hydrogen (secondary N) is 1. The first-order chi connectivity index (χ1) is 8.92. The molecule has 0 unspecified atom stereocenters. The molecule has 2 aromatic rings. The van der Waals surface area contributed by atoms with E-state index < -0.39 is 10.0 Å². The van der Waals surface area contributed by atoms with E-state index in [0.29, 0.717) is 16.3 Å². The highest BCUT2D eigenvalue weighted by Crippen LogP contribution is 2.22. The Morgan fingerprint density at radius 3 is 2.58 bits per heavy atom. The molecule has 0 atom stereocenters.